The molecule has 2 aromatic rings. The zero-order chi connectivity index (χ0) is 25.0. The zero-order valence-electron chi connectivity index (χ0n) is 22.3. The van der Waals surface area contributed by atoms with Gasteiger partial charge in [-0.25, -0.2) is 9.97 Å². The van der Waals surface area contributed by atoms with E-state index >= 15 is 0 Å². The van der Waals surface area contributed by atoms with Gasteiger partial charge in [0.1, 0.15) is 5.82 Å². The Kier molecular flexibility index (Phi) is 9.10. The molecule has 33 heavy (non-hydrogen) atoms. The second kappa shape index (κ2) is 11.0. The molecule has 3 heteroatoms. The molecular weight excluding hydrogens is 424 g/mol. The first-order valence-corrected chi connectivity index (χ1v) is 12.6. The highest BCUT2D eigenvalue weighted by Crippen LogP contribution is 2.50. The fourth-order valence-corrected chi connectivity index (χ4v) is 4.64. The van der Waals surface area contributed by atoms with Crippen molar-refractivity contribution in [2.24, 2.45) is 5.41 Å². The van der Waals surface area contributed by atoms with E-state index in [9.17, 15) is 0 Å². The predicted octanol–water partition coefficient (Wildman–Crippen LogP) is 9.18. The molecule has 0 amide bonds. The van der Waals surface area contributed by atoms with Gasteiger partial charge in [0, 0.05) is 22.7 Å². The first kappa shape index (κ1) is 27.3. The van der Waals surface area contributed by atoms with Crippen LogP contribution in [0.15, 0.2) is 29.8 Å². The van der Waals surface area contributed by atoms with Crippen LogP contribution in [0.3, 0.4) is 0 Å². The number of rotatable bonds is 6. The molecule has 0 radical (unpaired) electrons. The van der Waals surface area contributed by atoms with Crippen molar-refractivity contribution in [3.8, 4) is 0 Å². The van der Waals surface area contributed by atoms with Crippen molar-refractivity contribution in [3.63, 3.8) is 0 Å². The second-order valence-corrected chi connectivity index (χ2v) is 11.5. The summed E-state index contributed by atoms with van der Waals surface area (Å²) in [7, 11) is 0. The average Bonchev–Trinajstić information content (AvgIpc) is 3.49. The molecule has 0 saturated heterocycles. The highest BCUT2D eigenvalue weighted by Gasteiger charge is 2.41. The first-order valence-electron chi connectivity index (χ1n) is 12.3. The summed E-state index contributed by atoms with van der Waals surface area (Å²) in [6.45, 7) is 23.6. The number of aromatic nitrogens is 2. The second-order valence-electron chi connectivity index (χ2n) is 10.9. The van der Waals surface area contributed by atoms with Crippen LogP contribution >= 0.6 is 11.6 Å². The van der Waals surface area contributed by atoms with E-state index in [0.717, 1.165) is 34.2 Å². The number of nitrogens with zero attached hydrogens (tertiary/aromatic N) is 2. The van der Waals surface area contributed by atoms with Crippen LogP contribution in [-0.2, 0) is 11.8 Å². The number of hydrogen-bond acceptors (Lipinski definition) is 2. The minimum atomic E-state index is 0.259. The van der Waals surface area contributed by atoms with Crippen LogP contribution in [0.25, 0.3) is 12.2 Å². The SMILES string of the molecule is C=Cc1nc(CC2(CC)CC2)nc(C)c1/C=C(\C)Cl.Cc1c(C(C)C)cccc1C(C)(C)C. The summed E-state index contributed by atoms with van der Waals surface area (Å²) in [6, 6.07) is 6.68. The van der Waals surface area contributed by atoms with Crippen molar-refractivity contribution in [1.82, 2.24) is 9.97 Å². The smallest absolute Gasteiger partial charge is 0.129 e. The normalized spacial score (nSPS) is 15.2. The van der Waals surface area contributed by atoms with E-state index in [0.29, 0.717) is 11.3 Å². The molecule has 0 bridgehead atoms. The maximum Gasteiger partial charge on any atom is 0.129 e. The van der Waals surface area contributed by atoms with Crippen LogP contribution in [0.4, 0.5) is 0 Å². The lowest BCUT2D eigenvalue weighted by Gasteiger charge is -2.24. The summed E-state index contributed by atoms with van der Waals surface area (Å²) >= 11 is 5.96. The fourth-order valence-electron chi connectivity index (χ4n) is 4.53. The van der Waals surface area contributed by atoms with E-state index in [1.165, 1.54) is 36.0 Å². The largest absolute Gasteiger partial charge is 0.238 e. The van der Waals surface area contributed by atoms with Gasteiger partial charge in [-0.1, -0.05) is 84.3 Å². The molecule has 1 aliphatic rings. The van der Waals surface area contributed by atoms with Gasteiger partial charge in [-0.05, 0) is 79.2 Å². The van der Waals surface area contributed by atoms with E-state index in [2.05, 4.69) is 83.2 Å². The van der Waals surface area contributed by atoms with E-state index in [1.54, 1.807) is 6.08 Å². The summed E-state index contributed by atoms with van der Waals surface area (Å²) in [5.41, 5.74) is 7.99. The molecule has 1 fully saturated rings. The molecule has 0 unspecified atom stereocenters. The van der Waals surface area contributed by atoms with E-state index in [-0.39, 0.29) is 5.41 Å². The monoisotopic (exact) mass is 466 g/mol. The Morgan fingerprint density at radius 1 is 1.18 bits per heavy atom. The number of hydrogen-bond donors (Lipinski definition) is 0. The van der Waals surface area contributed by atoms with Crippen LogP contribution < -0.4 is 0 Å². The number of halogens is 1. The fraction of sp³-hybridized carbons (Fsp3) is 0.533. The Hall–Kier alpha value is -1.93. The Morgan fingerprint density at radius 2 is 1.82 bits per heavy atom. The number of allylic oxidation sites excluding steroid dienone is 1. The van der Waals surface area contributed by atoms with Crippen molar-refractivity contribution in [2.45, 2.75) is 99.3 Å². The summed E-state index contributed by atoms with van der Waals surface area (Å²) in [4.78, 5) is 9.29. The van der Waals surface area contributed by atoms with Crippen molar-refractivity contribution in [3.05, 3.63) is 69.3 Å². The molecule has 1 aliphatic carbocycles. The molecule has 0 spiro atoms. The predicted molar refractivity (Wildman–Crippen MR) is 146 cm³/mol. The highest BCUT2D eigenvalue weighted by atomic mass is 35.5. The van der Waals surface area contributed by atoms with Gasteiger partial charge < -0.3 is 0 Å². The maximum absolute atomic E-state index is 5.96. The van der Waals surface area contributed by atoms with Gasteiger partial charge in [0.05, 0.1) is 5.69 Å². The molecule has 1 aromatic carbocycles. The van der Waals surface area contributed by atoms with Crippen molar-refractivity contribution < 1.29 is 0 Å². The minimum absolute atomic E-state index is 0.259. The summed E-state index contributed by atoms with van der Waals surface area (Å²) in [5.74, 6) is 1.56. The molecule has 1 aromatic heterocycles. The summed E-state index contributed by atoms with van der Waals surface area (Å²) in [6.07, 6.45) is 8.49. The van der Waals surface area contributed by atoms with Crippen LogP contribution in [0.1, 0.15) is 113 Å². The molecule has 180 valence electrons. The van der Waals surface area contributed by atoms with Gasteiger partial charge >= 0.3 is 0 Å². The maximum atomic E-state index is 5.96. The van der Waals surface area contributed by atoms with Gasteiger partial charge in [-0.15, -0.1) is 0 Å². The summed E-state index contributed by atoms with van der Waals surface area (Å²) in [5, 5.41) is 0.731. The summed E-state index contributed by atoms with van der Waals surface area (Å²) < 4.78 is 0. The van der Waals surface area contributed by atoms with Crippen LogP contribution in [0.5, 0.6) is 0 Å². The minimum Gasteiger partial charge on any atom is -0.238 e. The van der Waals surface area contributed by atoms with Crippen molar-refractivity contribution in [2.75, 3.05) is 0 Å². The lowest BCUT2D eigenvalue weighted by atomic mass is 9.81. The van der Waals surface area contributed by atoms with E-state index in [1.807, 2.05) is 19.9 Å². The third-order valence-corrected chi connectivity index (χ3v) is 6.90. The topological polar surface area (TPSA) is 25.8 Å². The van der Waals surface area contributed by atoms with Gasteiger partial charge in [0.25, 0.3) is 0 Å². The van der Waals surface area contributed by atoms with Gasteiger partial charge in [-0.2, -0.15) is 0 Å². The molecule has 2 nitrogen and oxygen atoms in total. The molecular formula is C30H43ClN2. The van der Waals surface area contributed by atoms with Crippen LogP contribution in [0, 0.1) is 19.3 Å². The Labute approximate surface area is 207 Å². The van der Waals surface area contributed by atoms with Crippen molar-refractivity contribution in [1.29, 1.82) is 0 Å². The highest BCUT2D eigenvalue weighted by molar-refractivity contribution is 6.31. The lowest BCUT2D eigenvalue weighted by Crippen LogP contribution is -2.14. The number of aryl methyl sites for hydroxylation is 1. The standard InChI is InChI=1S/C16H21ClN2.C14H22/c1-5-14-13(9-11(3)17)12(4)18-15(19-14)10-16(6-2)7-8-16;1-10(2)12-8-7-9-13(11(12)3)14(4,5)6/h5,9H,1,6-8,10H2,2-4H3;7-10H,1-6H3/b11-9+;. The van der Waals surface area contributed by atoms with Crippen LogP contribution in [0.2, 0.25) is 0 Å². The Morgan fingerprint density at radius 3 is 2.27 bits per heavy atom. The molecule has 0 atom stereocenters. The third-order valence-electron chi connectivity index (χ3n) is 6.79. The first-order chi connectivity index (χ1) is 15.3. The molecule has 3 rings (SSSR count). The van der Waals surface area contributed by atoms with Crippen LogP contribution in [-0.4, -0.2) is 9.97 Å². The number of benzene rings is 1. The Balaban J connectivity index is 0.000000245. The third kappa shape index (κ3) is 7.27. The molecule has 0 N–H and O–H groups in total. The molecule has 1 heterocycles. The quantitative estimate of drug-likeness (QED) is 0.423. The zero-order valence-corrected chi connectivity index (χ0v) is 23.0. The lowest BCUT2D eigenvalue weighted by molar-refractivity contribution is 0.474. The van der Waals surface area contributed by atoms with Gasteiger partial charge in [-0.3, -0.25) is 0 Å². The molecule has 0 aliphatic heterocycles. The Bertz CT molecular complexity index is 1000. The van der Waals surface area contributed by atoms with E-state index in [4.69, 9.17) is 11.6 Å². The average molecular weight is 467 g/mol. The van der Waals surface area contributed by atoms with Crippen molar-refractivity contribution >= 4 is 23.8 Å². The van der Waals surface area contributed by atoms with E-state index < -0.39 is 0 Å². The van der Waals surface area contributed by atoms with Gasteiger partial charge in [0.2, 0.25) is 0 Å². The van der Waals surface area contributed by atoms with Gasteiger partial charge in [0.15, 0.2) is 0 Å². The molecule has 1 saturated carbocycles.